The molecule has 0 aliphatic carbocycles. The molecule has 0 aliphatic rings. The third kappa shape index (κ3) is 3.75. The third-order valence-corrected chi connectivity index (χ3v) is 2.60. The molecule has 0 saturated heterocycles. The minimum atomic E-state index is -0.199. The lowest BCUT2D eigenvalue weighted by Crippen LogP contribution is -2.41. The van der Waals surface area contributed by atoms with E-state index in [9.17, 15) is 4.79 Å². The number of nitrogens with one attached hydrogen (secondary N) is 1. The van der Waals surface area contributed by atoms with Crippen LogP contribution in [0.25, 0.3) is 0 Å². The fourth-order valence-corrected chi connectivity index (χ4v) is 1.59. The van der Waals surface area contributed by atoms with Crippen molar-refractivity contribution in [2.75, 3.05) is 21.2 Å². The van der Waals surface area contributed by atoms with Crippen LogP contribution in [0.1, 0.15) is 12.5 Å². The summed E-state index contributed by atoms with van der Waals surface area (Å²) in [6.45, 7) is 2.47. The van der Waals surface area contributed by atoms with Crippen molar-refractivity contribution in [3.63, 3.8) is 0 Å². The van der Waals surface area contributed by atoms with Crippen LogP contribution < -0.4 is 10.1 Å². The van der Waals surface area contributed by atoms with Crippen LogP contribution in [0.2, 0.25) is 0 Å². The van der Waals surface area contributed by atoms with E-state index >= 15 is 0 Å². The summed E-state index contributed by atoms with van der Waals surface area (Å²) in [5.41, 5.74) is 1.05. The van der Waals surface area contributed by atoms with Crippen LogP contribution in [0.4, 0.5) is 0 Å². The average Bonchev–Trinajstić information content (AvgIpc) is 2.35. The molecule has 1 rings (SSSR count). The molecule has 4 heteroatoms. The summed E-state index contributed by atoms with van der Waals surface area (Å²) in [5.74, 6) is 0.907. The molecule has 0 saturated carbocycles. The largest absolute Gasteiger partial charge is 0.496 e. The minimum Gasteiger partial charge on any atom is -0.496 e. The van der Waals surface area contributed by atoms with Gasteiger partial charge in [-0.05, 0) is 13.0 Å². The normalized spacial score (nSPS) is 12.0. The Balaban J connectivity index is 2.58. The van der Waals surface area contributed by atoms with Gasteiger partial charge in [0.05, 0.1) is 13.2 Å². The zero-order valence-corrected chi connectivity index (χ0v) is 10.9. The summed E-state index contributed by atoms with van der Waals surface area (Å²) in [6, 6.07) is 7.58. The van der Waals surface area contributed by atoms with Gasteiger partial charge in [0, 0.05) is 26.2 Å². The number of hydrogen-bond acceptors (Lipinski definition) is 3. The van der Waals surface area contributed by atoms with E-state index in [1.54, 1.807) is 26.1 Å². The molecule has 1 amide bonds. The van der Waals surface area contributed by atoms with Crippen LogP contribution in [0.15, 0.2) is 24.3 Å². The number of carbonyl (C=O) groups is 1. The number of nitrogens with zero attached hydrogens (tertiary/aromatic N) is 1. The smallest absolute Gasteiger partial charge is 0.238 e. The van der Waals surface area contributed by atoms with E-state index in [1.165, 1.54) is 0 Å². The van der Waals surface area contributed by atoms with Gasteiger partial charge in [0.25, 0.3) is 0 Å². The molecule has 0 radical (unpaired) electrons. The highest BCUT2D eigenvalue weighted by molar-refractivity contribution is 5.80. The van der Waals surface area contributed by atoms with Gasteiger partial charge in [0.1, 0.15) is 5.75 Å². The molecule has 94 valence electrons. The zero-order chi connectivity index (χ0) is 12.8. The first-order chi connectivity index (χ1) is 8.06. The fourth-order valence-electron chi connectivity index (χ4n) is 1.59. The van der Waals surface area contributed by atoms with Gasteiger partial charge in [-0.15, -0.1) is 0 Å². The van der Waals surface area contributed by atoms with Gasteiger partial charge in [0.2, 0.25) is 5.91 Å². The molecular weight excluding hydrogens is 216 g/mol. The molecule has 1 unspecified atom stereocenters. The minimum absolute atomic E-state index is 0.0693. The lowest BCUT2D eigenvalue weighted by Gasteiger charge is -2.18. The molecule has 0 bridgehead atoms. The molecule has 4 nitrogen and oxygen atoms in total. The maximum Gasteiger partial charge on any atom is 0.238 e. The van der Waals surface area contributed by atoms with Crippen LogP contribution in [0.5, 0.6) is 5.75 Å². The predicted octanol–water partition coefficient (Wildman–Crippen LogP) is 1.26. The summed E-state index contributed by atoms with van der Waals surface area (Å²) < 4.78 is 5.25. The standard InChI is InChI=1S/C13H20N2O2/c1-10(13(16)15(2)3)14-9-11-7-5-6-8-12(11)17-4/h5-8,10,14H,9H2,1-4H3. The highest BCUT2D eigenvalue weighted by atomic mass is 16.5. The molecule has 1 aromatic carbocycles. The molecule has 0 fully saturated rings. The van der Waals surface area contributed by atoms with Crippen molar-refractivity contribution < 1.29 is 9.53 Å². The summed E-state index contributed by atoms with van der Waals surface area (Å²) in [5, 5.41) is 3.18. The second kappa shape index (κ2) is 6.25. The molecule has 0 aromatic heterocycles. The number of benzene rings is 1. The Kier molecular flexibility index (Phi) is 4.97. The van der Waals surface area contributed by atoms with Gasteiger partial charge in [0.15, 0.2) is 0 Å². The van der Waals surface area contributed by atoms with Gasteiger partial charge >= 0.3 is 0 Å². The highest BCUT2D eigenvalue weighted by Crippen LogP contribution is 2.16. The van der Waals surface area contributed by atoms with Crippen LogP contribution in [-0.2, 0) is 11.3 Å². The Morgan fingerprint density at radius 3 is 2.65 bits per heavy atom. The number of amides is 1. The topological polar surface area (TPSA) is 41.6 Å². The molecule has 0 heterocycles. The van der Waals surface area contributed by atoms with Crippen LogP contribution >= 0.6 is 0 Å². The highest BCUT2D eigenvalue weighted by Gasteiger charge is 2.14. The Bertz CT molecular complexity index is 377. The van der Waals surface area contributed by atoms with E-state index in [1.807, 2.05) is 31.2 Å². The van der Waals surface area contributed by atoms with E-state index in [0.29, 0.717) is 6.54 Å². The predicted molar refractivity (Wildman–Crippen MR) is 68.0 cm³/mol. The monoisotopic (exact) mass is 236 g/mol. The van der Waals surface area contributed by atoms with Crippen molar-refractivity contribution in [1.82, 2.24) is 10.2 Å². The molecule has 0 aliphatic heterocycles. The van der Waals surface area contributed by atoms with Gasteiger partial charge in [-0.3, -0.25) is 4.79 Å². The Hall–Kier alpha value is -1.55. The van der Waals surface area contributed by atoms with E-state index in [-0.39, 0.29) is 11.9 Å². The number of likely N-dealkylation sites (N-methyl/N-ethyl adjacent to an activating group) is 1. The van der Waals surface area contributed by atoms with Gasteiger partial charge in [-0.25, -0.2) is 0 Å². The lowest BCUT2D eigenvalue weighted by molar-refractivity contribution is -0.130. The first kappa shape index (κ1) is 13.5. The second-order valence-corrected chi connectivity index (χ2v) is 4.15. The van der Waals surface area contributed by atoms with Crippen molar-refractivity contribution in [3.05, 3.63) is 29.8 Å². The molecule has 1 atom stereocenters. The number of methoxy groups -OCH3 is 1. The van der Waals surface area contributed by atoms with Crippen molar-refractivity contribution >= 4 is 5.91 Å². The number of carbonyl (C=O) groups excluding carboxylic acids is 1. The number of rotatable bonds is 5. The van der Waals surface area contributed by atoms with E-state index in [2.05, 4.69) is 5.32 Å². The van der Waals surface area contributed by atoms with Crippen LogP contribution in [-0.4, -0.2) is 38.1 Å². The maximum absolute atomic E-state index is 11.7. The number of hydrogen-bond donors (Lipinski definition) is 1. The second-order valence-electron chi connectivity index (χ2n) is 4.15. The first-order valence-electron chi connectivity index (χ1n) is 5.62. The quantitative estimate of drug-likeness (QED) is 0.837. The van der Waals surface area contributed by atoms with Gasteiger partial charge in [-0.1, -0.05) is 18.2 Å². The van der Waals surface area contributed by atoms with Crippen molar-refractivity contribution in [1.29, 1.82) is 0 Å². The van der Waals surface area contributed by atoms with Gasteiger partial charge in [-0.2, -0.15) is 0 Å². The molecule has 0 spiro atoms. The molecule has 17 heavy (non-hydrogen) atoms. The van der Waals surface area contributed by atoms with Crippen molar-refractivity contribution in [2.24, 2.45) is 0 Å². The summed E-state index contributed by atoms with van der Waals surface area (Å²) in [4.78, 5) is 13.2. The SMILES string of the molecule is COc1ccccc1CNC(C)C(=O)N(C)C. The Labute approximate surface area is 103 Å². The number of para-hydroxylation sites is 1. The third-order valence-electron chi connectivity index (χ3n) is 2.60. The zero-order valence-electron chi connectivity index (χ0n) is 10.9. The maximum atomic E-state index is 11.7. The van der Waals surface area contributed by atoms with E-state index in [4.69, 9.17) is 4.74 Å². The van der Waals surface area contributed by atoms with Crippen molar-refractivity contribution in [3.8, 4) is 5.75 Å². The van der Waals surface area contributed by atoms with Crippen molar-refractivity contribution in [2.45, 2.75) is 19.5 Å². The summed E-state index contributed by atoms with van der Waals surface area (Å²) >= 11 is 0. The first-order valence-corrected chi connectivity index (χ1v) is 5.62. The van der Waals surface area contributed by atoms with E-state index in [0.717, 1.165) is 11.3 Å². The molecule has 1 aromatic rings. The Morgan fingerprint density at radius 1 is 1.41 bits per heavy atom. The average molecular weight is 236 g/mol. The van der Waals surface area contributed by atoms with Crippen LogP contribution in [0.3, 0.4) is 0 Å². The fraction of sp³-hybridized carbons (Fsp3) is 0.462. The summed E-state index contributed by atoms with van der Waals surface area (Å²) in [6.07, 6.45) is 0. The number of ether oxygens (including phenoxy) is 1. The van der Waals surface area contributed by atoms with Gasteiger partial charge < -0.3 is 15.0 Å². The summed E-state index contributed by atoms with van der Waals surface area (Å²) in [7, 11) is 5.15. The molecular formula is C13H20N2O2. The lowest BCUT2D eigenvalue weighted by atomic mass is 10.2. The Morgan fingerprint density at radius 2 is 2.06 bits per heavy atom. The molecule has 1 N–H and O–H groups in total. The van der Waals surface area contributed by atoms with Crippen LogP contribution in [0, 0.1) is 0 Å². The van der Waals surface area contributed by atoms with E-state index < -0.39 is 0 Å².